The first-order chi connectivity index (χ1) is 7.60. The molecule has 0 saturated carbocycles. The summed E-state index contributed by atoms with van der Waals surface area (Å²) in [6, 6.07) is 5.38. The van der Waals surface area contributed by atoms with Crippen molar-refractivity contribution in [2.75, 3.05) is 7.11 Å². The van der Waals surface area contributed by atoms with E-state index in [4.69, 9.17) is 4.74 Å². The highest BCUT2D eigenvalue weighted by atomic mass is 16.5. The number of aliphatic hydroxyl groups excluding tert-OH is 1. The van der Waals surface area contributed by atoms with Crippen LogP contribution in [-0.4, -0.2) is 24.1 Å². The zero-order valence-corrected chi connectivity index (χ0v) is 9.99. The predicted octanol–water partition coefficient (Wildman–Crippen LogP) is 2.35. The van der Waals surface area contributed by atoms with Gasteiger partial charge in [0.1, 0.15) is 11.9 Å². The first-order valence-electron chi connectivity index (χ1n) is 5.47. The number of aryl methyl sites for hydroxylation is 1. The Labute approximate surface area is 96.1 Å². The van der Waals surface area contributed by atoms with Gasteiger partial charge in [0.25, 0.3) is 0 Å². The number of rotatable bonds is 5. The van der Waals surface area contributed by atoms with Crippen LogP contribution in [0, 0.1) is 6.92 Å². The predicted molar refractivity (Wildman–Crippen MR) is 63.0 cm³/mol. The summed E-state index contributed by atoms with van der Waals surface area (Å²) in [4.78, 5) is 11.9. The molecule has 0 heterocycles. The van der Waals surface area contributed by atoms with Gasteiger partial charge in [-0.25, -0.2) is 0 Å². The molecule has 0 aliphatic carbocycles. The molecule has 0 fully saturated rings. The van der Waals surface area contributed by atoms with Crippen LogP contribution in [0.2, 0.25) is 0 Å². The molecule has 0 aromatic heterocycles. The molecular formula is C13H18O3. The third kappa shape index (κ3) is 2.83. The lowest BCUT2D eigenvalue weighted by atomic mass is 10.0. The Balaban J connectivity index is 3.01. The van der Waals surface area contributed by atoms with Crippen molar-refractivity contribution in [3.8, 4) is 5.75 Å². The second-order valence-electron chi connectivity index (χ2n) is 3.87. The maximum Gasteiger partial charge on any atom is 0.194 e. The van der Waals surface area contributed by atoms with E-state index in [0.29, 0.717) is 17.7 Å². The fraction of sp³-hybridized carbons (Fsp3) is 0.462. The van der Waals surface area contributed by atoms with Gasteiger partial charge in [0.05, 0.1) is 12.7 Å². The van der Waals surface area contributed by atoms with Gasteiger partial charge in [-0.3, -0.25) is 4.79 Å². The largest absolute Gasteiger partial charge is 0.496 e. The molecule has 0 radical (unpaired) electrons. The molecule has 3 heteroatoms. The van der Waals surface area contributed by atoms with Crippen LogP contribution in [0.15, 0.2) is 18.2 Å². The number of hydrogen-bond acceptors (Lipinski definition) is 3. The molecular weight excluding hydrogens is 204 g/mol. The van der Waals surface area contributed by atoms with E-state index in [1.54, 1.807) is 12.1 Å². The standard InChI is InChI=1S/C13H18O3/c1-4-5-11(14)13(15)10-8-9(2)6-7-12(10)16-3/h6-8,11,14H,4-5H2,1-3H3. The van der Waals surface area contributed by atoms with Gasteiger partial charge >= 0.3 is 0 Å². The third-order valence-corrected chi connectivity index (χ3v) is 2.49. The maximum absolute atomic E-state index is 11.9. The Morgan fingerprint density at radius 2 is 2.19 bits per heavy atom. The number of ether oxygens (including phenoxy) is 1. The number of carbonyl (C=O) groups excluding carboxylic acids is 1. The Morgan fingerprint density at radius 1 is 1.50 bits per heavy atom. The number of ketones is 1. The van der Waals surface area contributed by atoms with Gasteiger partial charge in [-0.05, 0) is 25.5 Å². The third-order valence-electron chi connectivity index (χ3n) is 2.49. The Bertz CT molecular complexity index is 371. The monoisotopic (exact) mass is 222 g/mol. The summed E-state index contributed by atoms with van der Waals surface area (Å²) in [6.07, 6.45) is 0.331. The Kier molecular flexibility index (Phi) is 4.50. The van der Waals surface area contributed by atoms with Crippen LogP contribution in [0.1, 0.15) is 35.7 Å². The summed E-state index contributed by atoms with van der Waals surface area (Å²) < 4.78 is 5.12. The smallest absolute Gasteiger partial charge is 0.194 e. The molecule has 1 atom stereocenters. The van der Waals surface area contributed by atoms with Crippen LogP contribution in [-0.2, 0) is 0 Å². The number of methoxy groups -OCH3 is 1. The van der Waals surface area contributed by atoms with Gasteiger partial charge in [0.15, 0.2) is 5.78 Å². The minimum Gasteiger partial charge on any atom is -0.496 e. The van der Waals surface area contributed by atoms with Crippen LogP contribution >= 0.6 is 0 Å². The van der Waals surface area contributed by atoms with E-state index in [0.717, 1.165) is 12.0 Å². The van der Waals surface area contributed by atoms with E-state index >= 15 is 0 Å². The van der Waals surface area contributed by atoms with Gasteiger partial charge in [-0.2, -0.15) is 0 Å². The molecule has 1 rings (SSSR count). The normalized spacial score (nSPS) is 12.2. The van der Waals surface area contributed by atoms with E-state index in [1.165, 1.54) is 7.11 Å². The summed E-state index contributed by atoms with van der Waals surface area (Å²) in [5.41, 5.74) is 1.44. The maximum atomic E-state index is 11.9. The topological polar surface area (TPSA) is 46.5 Å². The van der Waals surface area contributed by atoms with Gasteiger partial charge in [0.2, 0.25) is 0 Å². The fourth-order valence-corrected chi connectivity index (χ4v) is 1.60. The lowest BCUT2D eigenvalue weighted by Gasteiger charge is -2.12. The molecule has 1 aromatic rings. The van der Waals surface area contributed by atoms with Crippen molar-refractivity contribution in [2.45, 2.75) is 32.8 Å². The van der Waals surface area contributed by atoms with Crippen molar-refractivity contribution >= 4 is 5.78 Å². The van der Waals surface area contributed by atoms with E-state index in [1.807, 2.05) is 19.9 Å². The number of carbonyl (C=O) groups is 1. The van der Waals surface area contributed by atoms with Crippen molar-refractivity contribution in [3.05, 3.63) is 29.3 Å². The molecule has 1 unspecified atom stereocenters. The van der Waals surface area contributed by atoms with Gasteiger partial charge in [-0.15, -0.1) is 0 Å². The molecule has 0 amide bonds. The summed E-state index contributed by atoms with van der Waals surface area (Å²) in [5.74, 6) is 0.258. The molecule has 0 aliphatic rings. The number of Topliss-reactive ketones (excluding diaryl/α,β-unsaturated/α-hetero) is 1. The van der Waals surface area contributed by atoms with Gasteiger partial charge in [-0.1, -0.05) is 25.0 Å². The number of hydrogen-bond donors (Lipinski definition) is 1. The van der Waals surface area contributed by atoms with Gasteiger partial charge in [0, 0.05) is 0 Å². The first-order valence-corrected chi connectivity index (χ1v) is 5.47. The van der Waals surface area contributed by atoms with E-state index in [2.05, 4.69) is 0 Å². The molecule has 0 spiro atoms. The lowest BCUT2D eigenvalue weighted by molar-refractivity contribution is 0.0726. The summed E-state index contributed by atoms with van der Waals surface area (Å²) in [7, 11) is 1.52. The summed E-state index contributed by atoms with van der Waals surface area (Å²) >= 11 is 0. The zero-order valence-electron chi connectivity index (χ0n) is 9.99. The van der Waals surface area contributed by atoms with Crippen molar-refractivity contribution in [3.63, 3.8) is 0 Å². The molecule has 3 nitrogen and oxygen atoms in total. The van der Waals surface area contributed by atoms with Crippen molar-refractivity contribution in [2.24, 2.45) is 0 Å². The average Bonchev–Trinajstić information content (AvgIpc) is 2.28. The molecule has 0 saturated heterocycles. The second-order valence-corrected chi connectivity index (χ2v) is 3.87. The van der Waals surface area contributed by atoms with Crippen molar-refractivity contribution in [1.82, 2.24) is 0 Å². The van der Waals surface area contributed by atoms with Gasteiger partial charge < -0.3 is 9.84 Å². The molecule has 1 aromatic carbocycles. The molecule has 88 valence electrons. The van der Waals surface area contributed by atoms with Crippen LogP contribution in [0.5, 0.6) is 5.75 Å². The summed E-state index contributed by atoms with van der Waals surface area (Å²) in [5, 5.41) is 9.68. The average molecular weight is 222 g/mol. The quantitative estimate of drug-likeness (QED) is 0.778. The minimum atomic E-state index is -0.930. The highest BCUT2D eigenvalue weighted by Gasteiger charge is 2.19. The van der Waals surface area contributed by atoms with Crippen molar-refractivity contribution in [1.29, 1.82) is 0 Å². The van der Waals surface area contributed by atoms with E-state index in [-0.39, 0.29) is 5.78 Å². The highest BCUT2D eigenvalue weighted by Crippen LogP contribution is 2.22. The van der Waals surface area contributed by atoms with E-state index in [9.17, 15) is 9.90 Å². The molecule has 16 heavy (non-hydrogen) atoms. The van der Waals surface area contributed by atoms with Crippen LogP contribution in [0.3, 0.4) is 0 Å². The molecule has 1 N–H and O–H groups in total. The Morgan fingerprint density at radius 3 is 2.75 bits per heavy atom. The van der Waals surface area contributed by atoms with Crippen LogP contribution in [0.4, 0.5) is 0 Å². The second kappa shape index (κ2) is 5.66. The lowest BCUT2D eigenvalue weighted by Crippen LogP contribution is -2.20. The molecule has 0 aliphatic heterocycles. The summed E-state index contributed by atoms with van der Waals surface area (Å²) in [6.45, 7) is 3.84. The Hall–Kier alpha value is -1.35. The molecule has 0 bridgehead atoms. The van der Waals surface area contributed by atoms with Crippen LogP contribution in [0.25, 0.3) is 0 Å². The zero-order chi connectivity index (χ0) is 12.1. The fourth-order valence-electron chi connectivity index (χ4n) is 1.60. The van der Waals surface area contributed by atoms with Crippen LogP contribution < -0.4 is 4.74 Å². The van der Waals surface area contributed by atoms with Crippen molar-refractivity contribution < 1.29 is 14.6 Å². The highest BCUT2D eigenvalue weighted by molar-refractivity contribution is 6.01. The SMILES string of the molecule is CCCC(O)C(=O)c1cc(C)ccc1OC. The number of benzene rings is 1. The first kappa shape index (κ1) is 12.7. The number of aliphatic hydroxyl groups is 1. The van der Waals surface area contributed by atoms with E-state index < -0.39 is 6.10 Å². The minimum absolute atomic E-state index is 0.262.